The molecule has 0 bridgehead atoms. The van der Waals surface area contributed by atoms with Gasteiger partial charge in [-0.1, -0.05) is 55.8 Å². The van der Waals surface area contributed by atoms with Crippen LogP contribution in [0.25, 0.3) is 10.9 Å². The topological polar surface area (TPSA) is 64.0 Å². The first kappa shape index (κ1) is 21.1. The van der Waals surface area contributed by atoms with Crippen molar-refractivity contribution in [2.75, 3.05) is 14.2 Å². The van der Waals surface area contributed by atoms with Gasteiger partial charge >= 0.3 is 0 Å². The SMILES string of the molecule is COc1cc(OC)c2cc([C@@H]3CC(c4ccccc4)=NN3C(=O)C(C)C)c(Cl)nc2c1. The van der Waals surface area contributed by atoms with Crippen molar-refractivity contribution in [3.63, 3.8) is 0 Å². The minimum atomic E-state index is -0.346. The summed E-state index contributed by atoms with van der Waals surface area (Å²) in [5, 5.41) is 7.38. The second kappa shape index (κ2) is 8.55. The van der Waals surface area contributed by atoms with Gasteiger partial charge in [0.05, 0.1) is 31.5 Å². The van der Waals surface area contributed by atoms with Crippen LogP contribution in [-0.2, 0) is 4.79 Å². The highest BCUT2D eigenvalue weighted by atomic mass is 35.5. The van der Waals surface area contributed by atoms with E-state index in [4.69, 9.17) is 26.2 Å². The van der Waals surface area contributed by atoms with Crippen molar-refractivity contribution in [2.45, 2.75) is 26.3 Å². The number of halogens is 1. The molecular formula is C24H24ClN3O3. The number of pyridine rings is 1. The zero-order valence-electron chi connectivity index (χ0n) is 17.9. The molecule has 0 spiro atoms. The number of nitrogens with zero attached hydrogens (tertiary/aromatic N) is 3. The Morgan fingerprint density at radius 2 is 1.87 bits per heavy atom. The smallest absolute Gasteiger partial charge is 0.245 e. The lowest BCUT2D eigenvalue weighted by atomic mass is 9.97. The van der Waals surface area contributed by atoms with E-state index in [2.05, 4.69) is 4.98 Å². The molecule has 1 aromatic heterocycles. The summed E-state index contributed by atoms with van der Waals surface area (Å²) in [4.78, 5) is 17.6. The Morgan fingerprint density at radius 1 is 1.13 bits per heavy atom. The van der Waals surface area contributed by atoms with Gasteiger partial charge in [-0.25, -0.2) is 9.99 Å². The van der Waals surface area contributed by atoms with Crippen LogP contribution in [0.4, 0.5) is 0 Å². The van der Waals surface area contributed by atoms with Crippen LogP contribution >= 0.6 is 11.6 Å². The molecule has 2 aromatic carbocycles. The van der Waals surface area contributed by atoms with Gasteiger partial charge in [-0.2, -0.15) is 5.10 Å². The average Bonchev–Trinajstić information content (AvgIpc) is 3.22. The van der Waals surface area contributed by atoms with Crippen LogP contribution in [0.15, 0.2) is 53.6 Å². The summed E-state index contributed by atoms with van der Waals surface area (Å²) in [7, 11) is 3.19. The van der Waals surface area contributed by atoms with Gasteiger partial charge in [0.1, 0.15) is 16.7 Å². The molecule has 0 saturated carbocycles. The fourth-order valence-electron chi connectivity index (χ4n) is 3.76. The Bertz CT molecular complexity index is 1160. The van der Waals surface area contributed by atoms with Gasteiger partial charge in [0.15, 0.2) is 0 Å². The highest BCUT2D eigenvalue weighted by Crippen LogP contribution is 2.40. The van der Waals surface area contributed by atoms with Crippen LogP contribution in [0.3, 0.4) is 0 Å². The molecule has 3 aromatic rings. The van der Waals surface area contributed by atoms with Gasteiger partial charge < -0.3 is 9.47 Å². The maximum absolute atomic E-state index is 13.0. The highest BCUT2D eigenvalue weighted by Gasteiger charge is 2.36. The maximum Gasteiger partial charge on any atom is 0.245 e. The van der Waals surface area contributed by atoms with E-state index in [-0.39, 0.29) is 17.9 Å². The predicted molar refractivity (Wildman–Crippen MR) is 122 cm³/mol. The van der Waals surface area contributed by atoms with Crippen LogP contribution in [-0.4, -0.2) is 35.8 Å². The normalized spacial score (nSPS) is 16.0. The van der Waals surface area contributed by atoms with Crippen molar-refractivity contribution < 1.29 is 14.3 Å². The van der Waals surface area contributed by atoms with Gasteiger partial charge in [-0.05, 0) is 11.6 Å². The van der Waals surface area contributed by atoms with Crippen molar-refractivity contribution in [3.05, 3.63) is 64.8 Å². The first-order valence-electron chi connectivity index (χ1n) is 10.1. The molecule has 1 aliphatic heterocycles. The predicted octanol–water partition coefficient (Wildman–Crippen LogP) is 5.24. The van der Waals surface area contributed by atoms with E-state index < -0.39 is 0 Å². The first-order chi connectivity index (χ1) is 14.9. The molecule has 2 heterocycles. The van der Waals surface area contributed by atoms with Crippen molar-refractivity contribution >= 4 is 34.1 Å². The molecular weight excluding hydrogens is 414 g/mol. The van der Waals surface area contributed by atoms with Gasteiger partial charge in [-0.3, -0.25) is 4.79 Å². The maximum atomic E-state index is 13.0. The molecule has 6 nitrogen and oxygen atoms in total. The summed E-state index contributed by atoms with van der Waals surface area (Å²) >= 11 is 6.64. The number of methoxy groups -OCH3 is 2. The van der Waals surface area contributed by atoms with Crippen molar-refractivity contribution in [1.29, 1.82) is 0 Å². The summed E-state index contributed by atoms with van der Waals surface area (Å²) < 4.78 is 10.9. The molecule has 0 unspecified atom stereocenters. The number of carbonyl (C=O) groups excluding carboxylic acids is 1. The summed E-state index contributed by atoms with van der Waals surface area (Å²) in [6.45, 7) is 3.73. The summed E-state index contributed by atoms with van der Waals surface area (Å²) in [5.74, 6) is 0.998. The number of rotatable bonds is 5. The standard InChI is InChI=1S/C24H24ClN3O3/c1-14(2)24(29)28-21(13-19(27-28)15-8-6-5-7-9-15)18-12-17-20(26-23(18)25)10-16(30-3)11-22(17)31-4/h5-12,14,21H,13H2,1-4H3/t21-/m0/s1. The summed E-state index contributed by atoms with van der Waals surface area (Å²) in [6.07, 6.45) is 0.549. The lowest BCUT2D eigenvalue weighted by Crippen LogP contribution is -2.30. The molecule has 4 rings (SSSR count). The molecule has 0 saturated heterocycles. The average molecular weight is 438 g/mol. The van der Waals surface area contributed by atoms with Gasteiger partial charge in [-0.15, -0.1) is 0 Å². The molecule has 0 fully saturated rings. The number of carbonyl (C=O) groups is 1. The van der Waals surface area contributed by atoms with Gasteiger partial charge in [0.25, 0.3) is 0 Å². The van der Waals surface area contributed by atoms with Crippen molar-refractivity contribution in [1.82, 2.24) is 9.99 Å². The van der Waals surface area contributed by atoms with Gasteiger partial charge in [0, 0.05) is 35.4 Å². The molecule has 31 heavy (non-hydrogen) atoms. The van der Waals surface area contributed by atoms with Crippen LogP contribution in [0.2, 0.25) is 5.15 Å². The zero-order chi connectivity index (χ0) is 22.1. The molecule has 0 N–H and O–H groups in total. The zero-order valence-corrected chi connectivity index (χ0v) is 18.7. The van der Waals surface area contributed by atoms with E-state index in [0.29, 0.717) is 28.6 Å². The van der Waals surface area contributed by atoms with Crippen LogP contribution in [0.5, 0.6) is 11.5 Å². The number of fused-ring (bicyclic) bond motifs is 1. The minimum absolute atomic E-state index is 0.0613. The number of benzene rings is 2. The third kappa shape index (κ3) is 3.95. The first-order valence-corrected chi connectivity index (χ1v) is 10.5. The Labute approximate surface area is 186 Å². The Kier molecular flexibility index (Phi) is 5.83. The van der Waals surface area contributed by atoms with E-state index in [1.807, 2.05) is 56.3 Å². The van der Waals surface area contributed by atoms with Crippen molar-refractivity contribution in [3.8, 4) is 11.5 Å². The fraction of sp³-hybridized carbons (Fsp3) is 0.292. The number of ether oxygens (including phenoxy) is 2. The quantitative estimate of drug-likeness (QED) is 0.512. The minimum Gasteiger partial charge on any atom is -0.497 e. The monoisotopic (exact) mass is 437 g/mol. The summed E-state index contributed by atoms with van der Waals surface area (Å²) in [6, 6.07) is 15.1. The molecule has 1 amide bonds. The fourth-order valence-corrected chi connectivity index (χ4v) is 4.03. The van der Waals surface area contributed by atoms with Gasteiger partial charge in [0.2, 0.25) is 5.91 Å². The second-order valence-electron chi connectivity index (χ2n) is 7.73. The molecule has 1 aliphatic rings. The third-order valence-corrected chi connectivity index (χ3v) is 5.70. The number of hydrazone groups is 1. The Balaban J connectivity index is 1.83. The molecule has 160 valence electrons. The van der Waals surface area contributed by atoms with E-state index in [1.165, 1.54) is 0 Å². The van der Waals surface area contributed by atoms with Crippen molar-refractivity contribution in [2.24, 2.45) is 11.0 Å². The lowest BCUT2D eigenvalue weighted by molar-refractivity contribution is -0.136. The molecule has 0 aliphatic carbocycles. The number of amides is 1. The number of aromatic nitrogens is 1. The Hall–Kier alpha value is -3.12. The van der Waals surface area contributed by atoms with Crippen LogP contribution in [0, 0.1) is 5.92 Å². The Morgan fingerprint density at radius 3 is 2.52 bits per heavy atom. The molecule has 7 heteroatoms. The largest absolute Gasteiger partial charge is 0.497 e. The summed E-state index contributed by atoms with van der Waals surface area (Å²) in [5.41, 5.74) is 3.23. The van der Waals surface area contributed by atoms with E-state index in [0.717, 1.165) is 22.2 Å². The third-order valence-electron chi connectivity index (χ3n) is 5.40. The van der Waals surface area contributed by atoms with E-state index >= 15 is 0 Å². The number of hydrogen-bond donors (Lipinski definition) is 0. The second-order valence-corrected chi connectivity index (χ2v) is 8.09. The lowest BCUT2D eigenvalue weighted by Gasteiger charge is -2.24. The van der Waals surface area contributed by atoms with Crippen LogP contribution < -0.4 is 9.47 Å². The van der Waals surface area contributed by atoms with Crippen LogP contribution in [0.1, 0.15) is 37.4 Å². The highest BCUT2D eigenvalue weighted by molar-refractivity contribution is 6.30. The number of hydrogen-bond acceptors (Lipinski definition) is 5. The van der Waals surface area contributed by atoms with E-state index in [9.17, 15) is 4.79 Å². The van der Waals surface area contributed by atoms with E-state index in [1.54, 1.807) is 25.3 Å². The molecule has 0 radical (unpaired) electrons. The molecule has 1 atom stereocenters.